The molecule has 1 saturated heterocycles. The second kappa shape index (κ2) is 11.0. The maximum Gasteiger partial charge on any atom is 0.248 e. The van der Waals surface area contributed by atoms with Crippen molar-refractivity contribution in [3.8, 4) is 16.9 Å². The Morgan fingerprint density at radius 1 is 1.19 bits per heavy atom. The summed E-state index contributed by atoms with van der Waals surface area (Å²) in [5.41, 5.74) is 3.28. The molecule has 2 aliphatic rings. The van der Waals surface area contributed by atoms with Crippen molar-refractivity contribution in [2.75, 3.05) is 30.4 Å². The number of aryl methyl sites for hydroxylation is 1. The number of ether oxygens (including phenoxy) is 1. The van der Waals surface area contributed by atoms with Crippen LogP contribution >= 0.6 is 12.4 Å². The zero-order valence-corrected chi connectivity index (χ0v) is 22.2. The van der Waals surface area contributed by atoms with Crippen molar-refractivity contribution in [3.63, 3.8) is 0 Å². The van der Waals surface area contributed by atoms with Crippen LogP contribution in [-0.2, 0) is 0 Å². The van der Waals surface area contributed by atoms with E-state index in [-0.39, 0.29) is 23.9 Å². The summed E-state index contributed by atoms with van der Waals surface area (Å²) in [5.74, 6) is 2.55. The quantitative estimate of drug-likeness (QED) is 0.479. The van der Waals surface area contributed by atoms with Gasteiger partial charge < -0.3 is 25.5 Å². The molecule has 2 fully saturated rings. The van der Waals surface area contributed by atoms with Crippen LogP contribution in [0.2, 0.25) is 0 Å². The first-order valence-corrected chi connectivity index (χ1v) is 12.2. The topological polar surface area (TPSA) is 120 Å². The van der Waals surface area contributed by atoms with E-state index in [1.54, 1.807) is 7.11 Å². The summed E-state index contributed by atoms with van der Waals surface area (Å²) in [7, 11) is 1.68. The van der Waals surface area contributed by atoms with Gasteiger partial charge in [0.05, 0.1) is 18.8 Å². The van der Waals surface area contributed by atoms with Crippen LogP contribution in [0, 0.1) is 12.8 Å². The van der Waals surface area contributed by atoms with E-state index < -0.39 is 5.60 Å². The lowest BCUT2D eigenvalue weighted by molar-refractivity contribution is 0.00378. The zero-order chi connectivity index (χ0) is 23.9. The highest BCUT2D eigenvalue weighted by Crippen LogP contribution is 2.44. The van der Waals surface area contributed by atoms with Gasteiger partial charge in [0.25, 0.3) is 0 Å². The number of β-amino-alcohol motifs (C(OH)–C–C–N with tert-alkyl or cyclic N) is 1. The molecule has 1 aliphatic carbocycles. The predicted molar refractivity (Wildman–Crippen MR) is 145 cm³/mol. The first kappa shape index (κ1) is 27.7. The molecule has 3 heterocycles. The molecular formula is C26H37ClN6O3. The highest BCUT2D eigenvalue weighted by Gasteiger charge is 2.46. The first-order chi connectivity index (χ1) is 16.4. The summed E-state index contributed by atoms with van der Waals surface area (Å²) in [6.07, 6.45) is 5.91. The lowest BCUT2D eigenvalue weighted by Gasteiger charge is -2.40. The smallest absolute Gasteiger partial charge is 0.248 e. The van der Waals surface area contributed by atoms with Crippen molar-refractivity contribution in [3.05, 3.63) is 42.2 Å². The average molecular weight is 517 g/mol. The molecule has 2 aromatic heterocycles. The number of piperidine rings is 1. The van der Waals surface area contributed by atoms with Gasteiger partial charge >= 0.3 is 0 Å². The van der Waals surface area contributed by atoms with E-state index in [1.807, 2.05) is 48.1 Å². The Hall–Kier alpha value is -2.88. The van der Waals surface area contributed by atoms with Crippen molar-refractivity contribution in [2.45, 2.75) is 58.1 Å². The normalized spacial score (nSPS) is 19.4. The summed E-state index contributed by atoms with van der Waals surface area (Å²) in [6.45, 7) is 7.69. The van der Waals surface area contributed by atoms with Gasteiger partial charge in [-0.25, -0.2) is 4.68 Å². The standard InChI is InChI=1S/C26H34N6O2.ClH.H2O/c1-17(2)32-25(31-13-5-11-26(33,16-31)20-6-7-20)29-24(30-32)28-21-8-9-22(23(15-21)34-4)19-10-12-27-18(3)14-19;;/h8-10,12,14-15,17,20,33H,5-7,11,13,16H2,1-4H3,(H,28,30);1H;1H2. The van der Waals surface area contributed by atoms with Gasteiger partial charge in [-0.1, -0.05) is 0 Å². The Kier molecular flexibility index (Phi) is 8.48. The van der Waals surface area contributed by atoms with E-state index in [1.165, 1.54) is 0 Å². The van der Waals surface area contributed by atoms with Crippen molar-refractivity contribution >= 4 is 30.0 Å². The molecule has 9 nitrogen and oxygen atoms in total. The molecule has 0 bridgehead atoms. The largest absolute Gasteiger partial charge is 0.496 e. The summed E-state index contributed by atoms with van der Waals surface area (Å²) >= 11 is 0. The number of aliphatic hydroxyl groups is 1. The number of methoxy groups -OCH3 is 1. The second-order valence-corrected chi connectivity index (χ2v) is 9.90. The van der Waals surface area contributed by atoms with Crippen LogP contribution in [0.5, 0.6) is 5.75 Å². The number of halogens is 1. The molecule has 4 N–H and O–H groups in total. The fourth-order valence-corrected chi connectivity index (χ4v) is 4.97. The Morgan fingerprint density at radius 2 is 1.97 bits per heavy atom. The van der Waals surface area contributed by atoms with Gasteiger partial charge in [-0.05, 0) is 82.2 Å². The number of nitrogens with one attached hydrogen (secondary N) is 1. The summed E-state index contributed by atoms with van der Waals surface area (Å²) in [4.78, 5) is 11.3. The number of nitrogens with zero attached hydrogens (tertiary/aromatic N) is 5. The number of aromatic nitrogens is 4. The van der Waals surface area contributed by atoms with E-state index in [0.717, 1.165) is 66.4 Å². The molecule has 0 spiro atoms. The molecule has 196 valence electrons. The zero-order valence-electron chi connectivity index (χ0n) is 21.4. The molecule has 0 amide bonds. The highest BCUT2D eigenvalue weighted by atomic mass is 35.5. The average Bonchev–Trinajstić information content (AvgIpc) is 3.60. The number of hydrogen-bond donors (Lipinski definition) is 2. The maximum atomic E-state index is 11.2. The monoisotopic (exact) mass is 516 g/mol. The van der Waals surface area contributed by atoms with Crippen LogP contribution in [0.15, 0.2) is 36.5 Å². The highest BCUT2D eigenvalue weighted by molar-refractivity contribution is 5.85. The van der Waals surface area contributed by atoms with Crippen LogP contribution in [0.3, 0.4) is 0 Å². The van der Waals surface area contributed by atoms with Gasteiger partial charge in [0.15, 0.2) is 0 Å². The molecule has 10 heteroatoms. The predicted octanol–water partition coefficient (Wildman–Crippen LogP) is 4.32. The van der Waals surface area contributed by atoms with Crippen molar-refractivity contribution in [1.29, 1.82) is 0 Å². The molecule has 3 aromatic rings. The van der Waals surface area contributed by atoms with Gasteiger partial charge in [0, 0.05) is 42.3 Å². The van der Waals surface area contributed by atoms with Gasteiger partial charge in [0.1, 0.15) is 5.75 Å². The Bertz CT molecular complexity index is 1180. The number of rotatable bonds is 7. The molecule has 1 unspecified atom stereocenters. The number of anilines is 3. The Morgan fingerprint density at radius 3 is 2.64 bits per heavy atom. The Balaban J connectivity index is 0.00000180. The lowest BCUT2D eigenvalue weighted by Crippen LogP contribution is -2.50. The maximum absolute atomic E-state index is 11.2. The molecule has 1 saturated carbocycles. The molecule has 36 heavy (non-hydrogen) atoms. The van der Waals surface area contributed by atoms with Crippen LogP contribution < -0.4 is 15.0 Å². The number of pyridine rings is 1. The van der Waals surface area contributed by atoms with Crippen LogP contribution in [0.4, 0.5) is 17.6 Å². The SMILES string of the molecule is COc1cc(Nc2nc(N3CCCC(O)(C4CC4)C3)n(C(C)C)n2)ccc1-c1ccnc(C)c1.Cl.O. The van der Waals surface area contributed by atoms with E-state index in [0.29, 0.717) is 18.4 Å². The molecular weight excluding hydrogens is 480 g/mol. The minimum Gasteiger partial charge on any atom is -0.496 e. The minimum atomic E-state index is -0.603. The summed E-state index contributed by atoms with van der Waals surface area (Å²) < 4.78 is 7.64. The van der Waals surface area contributed by atoms with Crippen molar-refractivity contribution in [2.24, 2.45) is 5.92 Å². The number of benzene rings is 1. The van der Waals surface area contributed by atoms with E-state index >= 15 is 0 Å². The van der Waals surface area contributed by atoms with Gasteiger partial charge in [-0.15, -0.1) is 17.5 Å². The van der Waals surface area contributed by atoms with Gasteiger partial charge in [0.2, 0.25) is 11.9 Å². The fourth-order valence-electron chi connectivity index (χ4n) is 4.97. The number of hydrogen-bond acceptors (Lipinski definition) is 7. The fraction of sp³-hybridized carbons (Fsp3) is 0.500. The third-order valence-electron chi connectivity index (χ3n) is 6.89. The summed E-state index contributed by atoms with van der Waals surface area (Å²) in [5, 5.41) is 19.3. The molecule has 5 rings (SSSR count). The van der Waals surface area contributed by atoms with Crippen LogP contribution in [0.25, 0.3) is 11.1 Å². The molecule has 0 radical (unpaired) electrons. The van der Waals surface area contributed by atoms with E-state index in [9.17, 15) is 5.11 Å². The van der Waals surface area contributed by atoms with Crippen molar-refractivity contribution < 1.29 is 15.3 Å². The van der Waals surface area contributed by atoms with E-state index in [2.05, 4.69) is 29.0 Å². The van der Waals surface area contributed by atoms with Crippen LogP contribution in [-0.4, -0.2) is 56.1 Å². The van der Waals surface area contributed by atoms with Gasteiger partial charge in [-0.2, -0.15) is 4.98 Å². The Labute approximate surface area is 218 Å². The third-order valence-corrected chi connectivity index (χ3v) is 6.89. The van der Waals surface area contributed by atoms with Crippen LogP contribution in [0.1, 0.15) is 51.3 Å². The lowest BCUT2D eigenvalue weighted by atomic mass is 9.88. The first-order valence-electron chi connectivity index (χ1n) is 12.2. The van der Waals surface area contributed by atoms with Gasteiger partial charge in [-0.3, -0.25) is 4.98 Å². The third kappa shape index (κ3) is 5.58. The van der Waals surface area contributed by atoms with E-state index in [4.69, 9.17) is 14.8 Å². The molecule has 1 aromatic carbocycles. The summed E-state index contributed by atoms with van der Waals surface area (Å²) in [6, 6.07) is 10.2. The second-order valence-electron chi connectivity index (χ2n) is 9.90. The minimum absolute atomic E-state index is 0. The molecule has 1 atom stereocenters. The van der Waals surface area contributed by atoms with Crippen molar-refractivity contribution in [1.82, 2.24) is 19.7 Å². The molecule has 1 aliphatic heterocycles.